The molecule has 1 aliphatic rings. The number of aromatic nitrogens is 2. The van der Waals surface area contributed by atoms with Crippen molar-refractivity contribution in [2.75, 3.05) is 13.1 Å². The van der Waals surface area contributed by atoms with Gasteiger partial charge in [-0.2, -0.15) is 0 Å². The first kappa shape index (κ1) is 14.0. The standard InChI is InChI=1S/C17H21N3O/c1-2-18-10-12-6-7-16-14(8-12)11-19-17(20-16)13-4-3-5-15(21)9-13/h3-5,9,11-12,18,21H,2,6-8,10H2,1H3. The Labute approximate surface area is 125 Å². The van der Waals surface area contributed by atoms with Gasteiger partial charge in [-0.05, 0) is 56.0 Å². The Hall–Kier alpha value is -1.94. The van der Waals surface area contributed by atoms with Gasteiger partial charge in [0.05, 0.1) is 0 Å². The van der Waals surface area contributed by atoms with E-state index in [2.05, 4.69) is 17.2 Å². The van der Waals surface area contributed by atoms with Gasteiger partial charge in [-0.1, -0.05) is 19.1 Å². The van der Waals surface area contributed by atoms with Gasteiger partial charge in [-0.3, -0.25) is 0 Å². The van der Waals surface area contributed by atoms with Gasteiger partial charge in [0.15, 0.2) is 5.82 Å². The van der Waals surface area contributed by atoms with Crippen molar-refractivity contribution in [2.45, 2.75) is 26.2 Å². The smallest absolute Gasteiger partial charge is 0.159 e. The summed E-state index contributed by atoms with van der Waals surface area (Å²) in [6.07, 6.45) is 5.21. The fourth-order valence-corrected chi connectivity index (χ4v) is 2.89. The third-order valence-electron chi connectivity index (χ3n) is 4.04. The molecule has 0 bridgehead atoms. The minimum absolute atomic E-state index is 0.250. The van der Waals surface area contributed by atoms with Crippen LogP contribution in [0.4, 0.5) is 0 Å². The molecule has 1 aromatic carbocycles. The van der Waals surface area contributed by atoms with Crippen molar-refractivity contribution in [1.29, 1.82) is 0 Å². The van der Waals surface area contributed by atoms with Crippen molar-refractivity contribution in [3.05, 3.63) is 41.7 Å². The highest BCUT2D eigenvalue weighted by atomic mass is 16.3. The molecule has 1 aliphatic carbocycles. The predicted octanol–water partition coefficient (Wildman–Crippen LogP) is 2.56. The molecule has 0 saturated carbocycles. The first-order valence-electron chi connectivity index (χ1n) is 7.61. The van der Waals surface area contributed by atoms with Crippen LogP contribution in [-0.2, 0) is 12.8 Å². The number of nitrogens with one attached hydrogen (secondary N) is 1. The van der Waals surface area contributed by atoms with Crippen molar-refractivity contribution in [2.24, 2.45) is 5.92 Å². The van der Waals surface area contributed by atoms with E-state index in [1.54, 1.807) is 12.1 Å². The largest absolute Gasteiger partial charge is 0.508 e. The van der Waals surface area contributed by atoms with E-state index in [1.807, 2.05) is 18.3 Å². The Bertz CT molecular complexity index is 627. The molecule has 0 fully saturated rings. The van der Waals surface area contributed by atoms with E-state index < -0.39 is 0 Å². The van der Waals surface area contributed by atoms with Crippen molar-refractivity contribution < 1.29 is 5.11 Å². The van der Waals surface area contributed by atoms with Crippen molar-refractivity contribution in [3.8, 4) is 17.1 Å². The lowest BCUT2D eigenvalue weighted by atomic mass is 9.87. The summed E-state index contributed by atoms with van der Waals surface area (Å²) in [6.45, 7) is 4.24. The van der Waals surface area contributed by atoms with Gasteiger partial charge in [-0.25, -0.2) is 9.97 Å². The van der Waals surface area contributed by atoms with Gasteiger partial charge in [0.25, 0.3) is 0 Å². The highest BCUT2D eigenvalue weighted by molar-refractivity contribution is 5.57. The normalized spacial score (nSPS) is 17.5. The maximum Gasteiger partial charge on any atom is 0.159 e. The second kappa shape index (κ2) is 6.22. The number of aryl methyl sites for hydroxylation is 1. The van der Waals surface area contributed by atoms with Gasteiger partial charge >= 0.3 is 0 Å². The van der Waals surface area contributed by atoms with Crippen molar-refractivity contribution in [3.63, 3.8) is 0 Å². The number of hydrogen-bond donors (Lipinski definition) is 2. The fourth-order valence-electron chi connectivity index (χ4n) is 2.89. The average Bonchev–Trinajstić information content (AvgIpc) is 2.52. The molecule has 1 unspecified atom stereocenters. The van der Waals surface area contributed by atoms with E-state index in [4.69, 9.17) is 4.98 Å². The van der Waals surface area contributed by atoms with Crippen LogP contribution >= 0.6 is 0 Å². The number of phenolic OH excluding ortho intramolecular Hbond substituents is 1. The van der Waals surface area contributed by atoms with Crippen LogP contribution in [0.1, 0.15) is 24.6 Å². The van der Waals surface area contributed by atoms with Crippen molar-refractivity contribution in [1.82, 2.24) is 15.3 Å². The summed E-state index contributed by atoms with van der Waals surface area (Å²) in [6, 6.07) is 7.12. The summed E-state index contributed by atoms with van der Waals surface area (Å²) in [7, 11) is 0. The summed E-state index contributed by atoms with van der Waals surface area (Å²) in [5.74, 6) is 1.64. The molecule has 0 aliphatic heterocycles. The van der Waals surface area contributed by atoms with Crippen LogP contribution in [0.25, 0.3) is 11.4 Å². The van der Waals surface area contributed by atoms with Crippen LogP contribution in [0.2, 0.25) is 0 Å². The van der Waals surface area contributed by atoms with E-state index in [1.165, 1.54) is 12.0 Å². The molecule has 3 rings (SSSR count). The molecule has 2 aromatic rings. The summed E-state index contributed by atoms with van der Waals surface area (Å²) in [4.78, 5) is 9.17. The second-order valence-electron chi connectivity index (χ2n) is 5.63. The maximum atomic E-state index is 9.57. The Kier molecular flexibility index (Phi) is 4.15. The first-order valence-corrected chi connectivity index (χ1v) is 7.61. The number of nitrogens with zero attached hydrogens (tertiary/aromatic N) is 2. The third kappa shape index (κ3) is 3.22. The van der Waals surface area contributed by atoms with Crippen LogP contribution in [0.5, 0.6) is 5.75 Å². The zero-order valence-corrected chi connectivity index (χ0v) is 12.3. The van der Waals surface area contributed by atoms with E-state index in [-0.39, 0.29) is 5.75 Å². The highest BCUT2D eigenvalue weighted by Gasteiger charge is 2.20. The lowest BCUT2D eigenvalue weighted by Gasteiger charge is -2.24. The zero-order valence-electron chi connectivity index (χ0n) is 12.3. The highest BCUT2D eigenvalue weighted by Crippen LogP contribution is 2.26. The van der Waals surface area contributed by atoms with Crippen LogP contribution in [-0.4, -0.2) is 28.2 Å². The Morgan fingerprint density at radius 2 is 2.29 bits per heavy atom. The summed E-state index contributed by atoms with van der Waals surface area (Å²) >= 11 is 0. The van der Waals surface area contributed by atoms with Gasteiger partial charge in [-0.15, -0.1) is 0 Å². The van der Waals surface area contributed by atoms with E-state index in [0.717, 1.165) is 37.2 Å². The molecule has 0 spiro atoms. The fraction of sp³-hybridized carbons (Fsp3) is 0.412. The maximum absolute atomic E-state index is 9.57. The van der Waals surface area contributed by atoms with Gasteiger partial charge in [0.2, 0.25) is 0 Å². The zero-order chi connectivity index (χ0) is 14.7. The van der Waals surface area contributed by atoms with Crippen LogP contribution < -0.4 is 5.32 Å². The van der Waals surface area contributed by atoms with E-state index >= 15 is 0 Å². The number of phenols is 1. The van der Waals surface area contributed by atoms with Gasteiger partial charge < -0.3 is 10.4 Å². The van der Waals surface area contributed by atoms with Crippen LogP contribution in [0.15, 0.2) is 30.5 Å². The van der Waals surface area contributed by atoms with Gasteiger partial charge in [0.1, 0.15) is 5.75 Å². The molecule has 1 aromatic heterocycles. The molecular formula is C17H21N3O. The van der Waals surface area contributed by atoms with Crippen molar-refractivity contribution >= 4 is 0 Å². The SMILES string of the molecule is CCNCC1CCc2nc(-c3cccc(O)c3)ncc2C1. The Balaban J connectivity index is 1.80. The molecular weight excluding hydrogens is 262 g/mol. The summed E-state index contributed by atoms with van der Waals surface area (Å²) in [5, 5.41) is 13.0. The Morgan fingerprint density at radius 3 is 3.10 bits per heavy atom. The minimum Gasteiger partial charge on any atom is -0.508 e. The molecule has 0 saturated heterocycles. The molecule has 4 heteroatoms. The van der Waals surface area contributed by atoms with Crippen LogP contribution in [0.3, 0.4) is 0 Å². The molecule has 0 radical (unpaired) electrons. The molecule has 4 nitrogen and oxygen atoms in total. The molecule has 110 valence electrons. The number of rotatable bonds is 4. The number of hydrogen-bond acceptors (Lipinski definition) is 4. The van der Waals surface area contributed by atoms with Crippen LogP contribution in [0, 0.1) is 5.92 Å². The molecule has 1 atom stereocenters. The summed E-state index contributed by atoms with van der Waals surface area (Å²) in [5.41, 5.74) is 3.30. The predicted molar refractivity (Wildman–Crippen MR) is 83.2 cm³/mol. The van der Waals surface area contributed by atoms with Gasteiger partial charge in [0, 0.05) is 17.5 Å². The monoisotopic (exact) mass is 283 g/mol. The van der Waals surface area contributed by atoms with E-state index in [9.17, 15) is 5.11 Å². The molecule has 21 heavy (non-hydrogen) atoms. The topological polar surface area (TPSA) is 58.0 Å². The quantitative estimate of drug-likeness (QED) is 0.905. The molecule has 1 heterocycles. The third-order valence-corrected chi connectivity index (χ3v) is 4.04. The lowest BCUT2D eigenvalue weighted by Crippen LogP contribution is -2.27. The summed E-state index contributed by atoms with van der Waals surface area (Å²) < 4.78 is 0. The number of fused-ring (bicyclic) bond motifs is 1. The number of benzene rings is 1. The van der Waals surface area contributed by atoms with E-state index in [0.29, 0.717) is 11.7 Å². The molecule has 2 N–H and O–H groups in total. The number of aromatic hydroxyl groups is 1. The average molecular weight is 283 g/mol. The Morgan fingerprint density at radius 1 is 1.38 bits per heavy atom. The first-order chi connectivity index (χ1) is 10.3. The molecule has 0 amide bonds. The second-order valence-corrected chi connectivity index (χ2v) is 5.63. The minimum atomic E-state index is 0.250. The lowest BCUT2D eigenvalue weighted by molar-refractivity contribution is 0.424.